The van der Waals surface area contributed by atoms with Crippen molar-refractivity contribution in [3.8, 4) is 11.5 Å². The molecule has 1 aromatic rings. The van der Waals surface area contributed by atoms with Gasteiger partial charge in [-0.3, -0.25) is 4.79 Å². The summed E-state index contributed by atoms with van der Waals surface area (Å²) in [5.74, 6) is 1.23. The lowest BCUT2D eigenvalue weighted by atomic mass is 10.2. The summed E-state index contributed by atoms with van der Waals surface area (Å²) in [4.78, 5) is 12.0. The van der Waals surface area contributed by atoms with Gasteiger partial charge in [-0.2, -0.15) is 0 Å². The van der Waals surface area contributed by atoms with Crippen molar-refractivity contribution in [2.75, 3.05) is 19.7 Å². The van der Waals surface area contributed by atoms with E-state index in [0.717, 1.165) is 19.5 Å². The van der Waals surface area contributed by atoms with Crippen LogP contribution in [0.25, 0.3) is 0 Å². The minimum atomic E-state index is -0.555. The standard InChI is InChI=1S/C13H16N2O3/c16-13(15-9-5-6-14-7-9)12-8-17-10-3-1-2-4-11(10)18-12/h1-4,9,12,14H,5-8H2,(H,15,16)/t9-,12+/m0/s1. The van der Waals surface area contributed by atoms with Crippen LogP contribution < -0.4 is 20.1 Å². The van der Waals surface area contributed by atoms with E-state index in [9.17, 15) is 4.79 Å². The molecule has 0 radical (unpaired) electrons. The Morgan fingerprint density at radius 1 is 1.33 bits per heavy atom. The molecule has 0 saturated carbocycles. The molecule has 2 N–H and O–H groups in total. The van der Waals surface area contributed by atoms with Crippen LogP contribution in [0.4, 0.5) is 0 Å². The number of carbonyl (C=O) groups is 1. The fourth-order valence-corrected chi connectivity index (χ4v) is 2.22. The van der Waals surface area contributed by atoms with Gasteiger partial charge in [0.25, 0.3) is 5.91 Å². The maximum atomic E-state index is 12.0. The Labute approximate surface area is 105 Å². The predicted molar refractivity (Wildman–Crippen MR) is 65.8 cm³/mol. The number of para-hydroxylation sites is 2. The molecule has 5 nitrogen and oxygen atoms in total. The summed E-state index contributed by atoms with van der Waals surface area (Å²) in [5.41, 5.74) is 0. The average Bonchev–Trinajstić information content (AvgIpc) is 2.91. The highest BCUT2D eigenvalue weighted by molar-refractivity contribution is 5.82. The Balaban J connectivity index is 1.62. The summed E-state index contributed by atoms with van der Waals surface area (Å²) in [6.45, 7) is 2.05. The number of amides is 1. The zero-order chi connectivity index (χ0) is 12.4. The number of rotatable bonds is 2. The quantitative estimate of drug-likeness (QED) is 0.790. The Hall–Kier alpha value is -1.75. The molecule has 1 saturated heterocycles. The Morgan fingerprint density at radius 2 is 2.17 bits per heavy atom. The van der Waals surface area contributed by atoms with Crippen LogP contribution in [0.3, 0.4) is 0 Å². The molecule has 1 aromatic carbocycles. The fourth-order valence-electron chi connectivity index (χ4n) is 2.22. The SMILES string of the molecule is O=C(N[C@H]1CCNC1)[C@H]1COc2ccccc2O1. The van der Waals surface area contributed by atoms with Crippen LogP contribution in [0, 0.1) is 0 Å². The Kier molecular flexibility index (Phi) is 3.06. The minimum absolute atomic E-state index is 0.0989. The third-order valence-electron chi connectivity index (χ3n) is 3.21. The van der Waals surface area contributed by atoms with E-state index < -0.39 is 6.10 Å². The highest BCUT2D eigenvalue weighted by Crippen LogP contribution is 2.30. The maximum Gasteiger partial charge on any atom is 0.264 e. The monoisotopic (exact) mass is 248 g/mol. The lowest BCUT2D eigenvalue weighted by molar-refractivity contribution is -0.130. The van der Waals surface area contributed by atoms with Gasteiger partial charge in [-0.15, -0.1) is 0 Å². The lowest BCUT2D eigenvalue weighted by Crippen LogP contribution is -2.48. The van der Waals surface area contributed by atoms with E-state index in [4.69, 9.17) is 9.47 Å². The van der Waals surface area contributed by atoms with E-state index in [0.29, 0.717) is 11.5 Å². The predicted octanol–water partition coefficient (Wildman–Crippen LogP) is 0.304. The van der Waals surface area contributed by atoms with Gasteiger partial charge in [0.15, 0.2) is 11.5 Å². The molecular weight excluding hydrogens is 232 g/mol. The molecular formula is C13H16N2O3. The van der Waals surface area contributed by atoms with Crippen molar-refractivity contribution < 1.29 is 14.3 Å². The second-order valence-electron chi connectivity index (χ2n) is 4.56. The van der Waals surface area contributed by atoms with Crippen LogP contribution in [0.5, 0.6) is 11.5 Å². The van der Waals surface area contributed by atoms with Crippen molar-refractivity contribution in [1.82, 2.24) is 10.6 Å². The van der Waals surface area contributed by atoms with Gasteiger partial charge >= 0.3 is 0 Å². The maximum absolute atomic E-state index is 12.0. The molecule has 0 aliphatic carbocycles. The first-order valence-corrected chi connectivity index (χ1v) is 6.22. The molecule has 18 heavy (non-hydrogen) atoms. The molecule has 2 aliphatic rings. The van der Waals surface area contributed by atoms with Crippen molar-refractivity contribution >= 4 is 5.91 Å². The van der Waals surface area contributed by atoms with Crippen LogP contribution in [-0.4, -0.2) is 37.7 Å². The van der Waals surface area contributed by atoms with Crippen LogP contribution in [0.1, 0.15) is 6.42 Å². The zero-order valence-corrected chi connectivity index (χ0v) is 10.0. The minimum Gasteiger partial charge on any atom is -0.485 e. The molecule has 0 aromatic heterocycles. The van der Waals surface area contributed by atoms with Crippen molar-refractivity contribution in [2.45, 2.75) is 18.6 Å². The van der Waals surface area contributed by atoms with Gasteiger partial charge in [-0.05, 0) is 25.1 Å². The van der Waals surface area contributed by atoms with Crippen molar-refractivity contribution in [3.05, 3.63) is 24.3 Å². The van der Waals surface area contributed by atoms with Gasteiger partial charge in [-0.25, -0.2) is 0 Å². The van der Waals surface area contributed by atoms with E-state index in [-0.39, 0.29) is 18.6 Å². The Bertz CT molecular complexity index is 444. The van der Waals surface area contributed by atoms with Crippen molar-refractivity contribution in [1.29, 1.82) is 0 Å². The summed E-state index contributed by atoms with van der Waals surface area (Å²) >= 11 is 0. The van der Waals surface area contributed by atoms with E-state index in [2.05, 4.69) is 10.6 Å². The van der Waals surface area contributed by atoms with Crippen LogP contribution in [-0.2, 0) is 4.79 Å². The smallest absolute Gasteiger partial charge is 0.264 e. The molecule has 0 unspecified atom stereocenters. The molecule has 5 heteroatoms. The number of hydrogen-bond donors (Lipinski definition) is 2. The molecule has 3 rings (SSSR count). The topological polar surface area (TPSA) is 59.6 Å². The van der Waals surface area contributed by atoms with E-state index in [1.165, 1.54) is 0 Å². The van der Waals surface area contributed by atoms with Gasteiger partial charge in [0.2, 0.25) is 6.10 Å². The number of ether oxygens (including phenoxy) is 2. The molecule has 2 aliphatic heterocycles. The molecule has 0 spiro atoms. The number of fused-ring (bicyclic) bond motifs is 1. The van der Waals surface area contributed by atoms with Gasteiger partial charge in [0.05, 0.1) is 0 Å². The van der Waals surface area contributed by atoms with E-state index in [1.54, 1.807) is 0 Å². The highest BCUT2D eigenvalue weighted by atomic mass is 16.6. The first-order valence-electron chi connectivity index (χ1n) is 6.22. The molecule has 2 heterocycles. The van der Waals surface area contributed by atoms with Crippen molar-refractivity contribution in [3.63, 3.8) is 0 Å². The lowest BCUT2D eigenvalue weighted by Gasteiger charge is -2.26. The number of carbonyl (C=O) groups excluding carboxylic acids is 1. The molecule has 0 bridgehead atoms. The summed E-state index contributed by atoms with van der Waals surface area (Å²) in [5, 5.41) is 6.18. The average molecular weight is 248 g/mol. The third-order valence-corrected chi connectivity index (χ3v) is 3.21. The largest absolute Gasteiger partial charge is 0.485 e. The second kappa shape index (κ2) is 4.86. The van der Waals surface area contributed by atoms with E-state index >= 15 is 0 Å². The van der Waals surface area contributed by atoms with Crippen LogP contribution >= 0.6 is 0 Å². The second-order valence-corrected chi connectivity index (χ2v) is 4.56. The molecule has 1 amide bonds. The van der Waals surface area contributed by atoms with Crippen LogP contribution in [0.15, 0.2) is 24.3 Å². The number of benzene rings is 1. The summed E-state index contributed by atoms with van der Waals surface area (Å²) in [6.07, 6.45) is 0.413. The number of hydrogen-bond acceptors (Lipinski definition) is 4. The highest BCUT2D eigenvalue weighted by Gasteiger charge is 2.29. The molecule has 96 valence electrons. The van der Waals surface area contributed by atoms with Crippen molar-refractivity contribution in [2.24, 2.45) is 0 Å². The molecule has 2 atom stereocenters. The molecule has 1 fully saturated rings. The summed E-state index contributed by atoms with van der Waals surface area (Å²) < 4.78 is 11.2. The van der Waals surface area contributed by atoms with Gasteiger partial charge < -0.3 is 20.1 Å². The Morgan fingerprint density at radius 3 is 2.94 bits per heavy atom. The number of nitrogens with one attached hydrogen (secondary N) is 2. The van der Waals surface area contributed by atoms with E-state index in [1.807, 2.05) is 24.3 Å². The third kappa shape index (κ3) is 2.26. The normalized spacial score (nSPS) is 25.8. The fraction of sp³-hybridized carbons (Fsp3) is 0.462. The van der Waals surface area contributed by atoms with Gasteiger partial charge in [0, 0.05) is 12.6 Å². The first-order chi connectivity index (χ1) is 8.83. The van der Waals surface area contributed by atoms with Crippen LogP contribution in [0.2, 0.25) is 0 Å². The summed E-state index contributed by atoms with van der Waals surface area (Å²) in [7, 11) is 0. The zero-order valence-electron chi connectivity index (χ0n) is 10.0. The summed E-state index contributed by atoms with van der Waals surface area (Å²) in [6, 6.07) is 7.60. The van der Waals surface area contributed by atoms with Gasteiger partial charge in [0.1, 0.15) is 6.61 Å². The first kappa shape index (κ1) is 11.3. The van der Waals surface area contributed by atoms with Gasteiger partial charge in [-0.1, -0.05) is 12.1 Å².